The van der Waals surface area contributed by atoms with Crippen LogP contribution in [0.5, 0.6) is 0 Å². The molecule has 0 aromatic carbocycles. The average Bonchev–Trinajstić information content (AvgIpc) is 2.16. The van der Waals surface area contributed by atoms with Gasteiger partial charge in [-0.3, -0.25) is 0 Å². The van der Waals surface area contributed by atoms with Crippen molar-refractivity contribution in [2.75, 3.05) is 0 Å². The molecule has 1 saturated carbocycles. The summed E-state index contributed by atoms with van der Waals surface area (Å²) in [5, 5.41) is 0. The maximum absolute atomic E-state index is 6.42. The SMILES string of the molecule is CCC1CCC(N)(CCC(C)C)CC1. The third-order valence-electron chi connectivity index (χ3n) is 3.90. The van der Waals surface area contributed by atoms with E-state index in [9.17, 15) is 0 Å². The van der Waals surface area contributed by atoms with Gasteiger partial charge < -0.3 is 5.73 Å². The molecule has 1 nitrogen and oxygen atoms in total. The largest absolute Gasteiger partial charge is 0.325 e. The maximum atomic E-state index is 6.42. The van der Waals surface area contributed by atoms with Crippen molar-refractivity contribution in [3.63, 3.8) is 0 Å². The lowest BCUT2D eigenvalue weighted by Crippen LogP contribution is -2.43. The highest BCUT2D eigenvalue weighted by Crippen LogP contribution is 2.35. The smallest absolute Gasteiger partial charge is 0.0154 e. The third kappa shape index (κ3) is 3.61. The van der Waals surface area contributed by atoms with Crippen LogP contribution in [-0.2, 0) is 0 Å². The molecule has 0 atom stereocenters. The van der Waals surface area contributed by atoms with Gasteiger partial charge in [-0.05, 0) is 50.4 Å². The molecular formula is C13H27N. The molecule has 84 valence electrons. The van der Waals surface area contributed by atoms with Crippen molar-refractivity contribution in [2.45, 2.75) is 71.3 Å². The molecule has 0 heterocycles. The molecule has 1 aliphatic carbocycles. The van der Waals surface area contributed by atoms with Crippen LogP contribution in [0.3, 0.4) is 0 Å². The fourth-order valence-corrected chi connectivity index (χ4v) is 2.49. The predicted molar refractivity (Wildman–Crippen MR) is 63.2 cm³/mol. The molecular weight excluding hydrogens is 170 g/mol. The van der Waals surface area contributed by atoms with E-state index in [2.05, 4.69) is 20.8 Å². The van der Waals surface area contributed by atoms with Crippen molar-refractivity contribution in [2.24, 2.45) is 17.6 Å². The van der Waals surface area contributed by atoms with E-state index in [1.807, 2.05) is 0 Å². The van der Waals surface area contributed by atoms with Crippen molar-refractivity contribution < 1.29 is 0 Å². The summed E-state index contributed by atoms with van der Waals surface area (Å²) in [6, 6.07) is 0. The van der Waals surface area contributed by atoms with E-state index < -0.39 is 0 Å². The van der Waals surface area contributed by atoms with Crippen LogP contribution in [0.15, 0.2) is 0 Å². The van der Waals surface area contributed by atoms with Gasteiger partial charge in [0.05, 0.1) is 0 Å². The topological polar surface area (TPSA) is 26.0 Å². The van der Waals surface area contributed by atoms with Gasteiger partial charge in [0.1, 0.15) is 0 Å². The first kappa shape index (κ1) is 12.0. The Kier molecular flexibility index (Phi) is 4.43. The van der Waals surface area contributed by atoms with Crippen LogP contribution in [0.4, 0.5) is 0 Å². The van der Waals surface area contributed by atoms with Crippen LogP contribution >= 0.6 is 0 Å². The lowest BCUT2D eigenvalue weighted by Gasteiger charge is -2.37. The minimum absolute atomic E-state index is 0.190. The molecule has 0 spiro atoms. The van der Waals surface area contributed by atoms with Crippen LogP contribution in [0, 0.1) is 11.8 Å². The summed E-state index contributed by atoms with van der Waals surface area (Å²) in [5.41, 5.74) is 6.61. The molecule has 0 aromatic heterocycles. The number of hydrogen-bond donors (Lipinski definition) is 1. The van der Waals surface area contributed by atoms with E-state index in [0.29, 0.717) is 0 Å². The van der Waals surface area contributed by atoms with Gasteiger partial charge in [0.15, 0.2) is 0 Å². The van der Waals surface area contributed by atoms with Gasteiger partial charge >= 0.3 is 0 Å². The van der Waals surface area contributed by atoms with E-state index >= 15 is 0 Å². The van der Waals surface area contributed by atoms with Crippen molar-refractivity contribution in [3.8, 4) is 0 Å². The highest BCUT2D eigenvalue weighted by Gasteiger charge is 2.30. The quantitative estimate of drug-likeness (QED) is 0.730. The number of rotatable bonds is 4. The Bertz CT molecular complexity index is 155. The molecule has 0 unspecified atom stereocenters. The van der Waals surface area contributed by atoms with E-state index in [4.69, 9.17) is 5.73 Å². The molecule has 0 radical (unpaired) electrons. The molecule has 1 heteroatoms. The van der Waals surface area contributed by atoms with Crippen molar-refractivity contribution in [3.05, 3.63) is 0 Å². The summed E-state index contributed by atoms with van der Waals surface area (Å²) < 4.78 is 0. The van der Waals surface area contributed by atoms with Crippen molar-refractivity contribution >= 4 is 0 Å². The zero-order valence-corrected chi connectivity index (χ0v) is 10.2. The highest BCUT2D eigenvalue weighted by atomic mass is 14.7. The summed E-state index contributed by atoms with van der Waals surface area (Å²) >= 11 is 0. The normalized spacial score (nSPS) is 33.6. The first-order valence-electron chi connectivity index (χ1n) is 6.34. The van der Waals surface area contributed by atoms with Gasteiger partial charge in [-0.1, -0.05) is 27.2 Å². The number of hydrogen-bond acceptors (Lipinski definition) is 1. The molecule has 0 saturated heterocycles. The van der Waals surface area contributed by atoms with Gasteiger partial charge in [0.25, 0.3) is 0 Å². The van der Waals surface area contributed by atoms with E-state index in [1.54, 1.807) is 0 Å². The van der Waals surface area contributed by atoms with Crippen molar-refractivity contribution in [1.82, 2.24) is 0 Å². The molecule has 0 amide bonds. The lowest BCUT2D eigenvalue weighted by molar-refractivity contribution is 0.208. The first-order chi connectivity index (χ1) is 6.56. The van der Waals surface area contributed by atoms with Gasteiger partial charge in [0.2, 0.25) is 0 Å². The summed E-state index contributed by atoms with van der Waals surface area (Å²) in [5.74, 6) is 1.77. The molecule has 0 bridgehead atoms. The Morgan fingerprint density at radius 3 is 2.29 bits per heavy atom. The minimum atomic E-state index is 0.190. The Morgan fingerprint density at radius 2 is 1.86 bits per heavy atom. The van der Waals surface area contributed by atoms with Crippen LogP contribution in [0.25, 0.3) is 0 Å². The molecule has 1 fully saturated rings. The standard InChI is InChI=1S/C13H27N/c1-4-12-6-9-13(14,10-7-12)8-5-11(2)3/h11-12H,4-10,14H2,1-3H3. The molecule has 1 rings (SSSR count). The molecule has 14 heavy (non-hydrogen) atoms. The fourth-order valence-electron chi connectivity index (χ4n) is 2.49. The molecule has 0 aromatic rings. The molecule has 0 aliphatic heterocycles. The Labute approximate surface area is 89.5 Å². The second-order valence-corrected chi connectivity index (χ2v) is 5.65. The summed E-state index contributed by atoms with van der Waals surface area (Å²) in [6.07, 6.45) is 9.14. The highest BCUT2D eigenvalue weighted by molar-refractivity contribution is 4.89. The summed E-state index contributed by atoms with van der Waals surface area (Å²) in [7, 11) is 0. The Hall–Kier alpha value is -0.0400. The maximum Gasteiger partial charge on any atom is 0.0154 e. The first-order valence-corrected chi connectivity index (χ1v) is 6.34. The van der Waals surface area contributed by atoms with Gasteiger partial charge in [-0.2, -0.15) is 0 Å². The minimum Gasteiger partial charge on any atom is -0.325 e. The zero-order chi connectivity index (χ0) is 10.6. The van der Waals surface area contributed by atoms with Crippen LogP contribution < -0.4 is 5.73 Å². The zero-order valence-electron chi connectivity index (χ0n) is 10.2. The van der Waals surface area contributed by atoms with Gasteiger partial charge in [0, 0.05) is 5.54 Å². The monoisotopic (exact) mass is 197 g/mol. The van der Waals surface area contributed by atoms with Gasteiger partial charge in [-0.25, -0.2) is 0 Å². The average molecular weight is 197 g/mol. The number of nitrogens with two attached hydrogens (primary N) is 1. The van der Waals surface area contributed by atoms with Crippen LogP contribution in [0.1, 0.15) is 65.7 Å². The predicted octanol–water partition coefficient (Wildman–Crippen LogP) is 3.72. The second kappa shape index (κ2) is 5.16. The molecule has 2 N–H and O–H groups in total. The van der Waals surface area contributed by atoms with E-state index in [1.165, 1.54) is 44.9 Å². The second-order valence-electron chi connectivity index (χ2n) is 5.65. The van der Waals surface area contributed by atoms with Crippen LogP contribution in [0.2, 0.25) is 0 Å². The Morgan fingerprint density at radius 1 is 1.29 bits per heavy atom. The Balaban J connectivity index is 2.30. The van der Waals surface area contributed by atoms with E-state index in [-0.39, 0.29) is 5.54 Å². The fraction of sp³-hybridized carbons (Fsp3) is 1.00. The van der Waals surface area contributed by atoms with Gasteiger partial charge in [-0.15, -0.1) is 0 Å². The van der Waals surface area contributed by atoms with E-state index in [0.717, 1.165) is 11.8 Å². The van der Waals surface area contributed by atoms with Crippen LogP contribution in [-0.4, -0.2) is 5.54 Å². The van der Waals surface area contributed by atoms with Crippen molar-refractivity contribution in [1.29, 1.82) is 0 Å². The summed E-state index contributed by atoms with van der Waals surface area (Å²) in [4.78, 5) is 0. The lowest BCUT2D eigenvalue weighted by atomic mass is 9.73. The molecule has 1 aliphatic rings. The summed E-state index contributed by atoms with van der Waals surface area (Å²) in [6.45, 7) is 6.89. The third-order valence-corrected chi connectivity index (χ3v) is 3.90.